The van der Waals surface area contributed by atoms with Gasteiger partial charge in [0, 0.05) is 35.4 Å². The maximum Gasteiger partial charge on any atom is 0.132 e. The standard InChI is InChI=1S/C25H29N3.C2H6/c1-4-20-14-24(18(3)23-16-28-25-22(23)6-5-13-26-25)27-15-21(20)12-11-19-9-7-17(2)8-10-19;1-2/h6-10,15-16,20H,3-5,11-14H2,1-2H3,(H,26,28);1-2H3. The van der Waals surface area contributed by atoms with Crippen LogP contribution in [0.2, 0.25) is 0 Å². The van der Waals surface area contributed by atoms with Crippen LogP contribution in [0.4, 0.5) is 0 Å². The van der Waals surface area contributed by atoms with Crippen molar-refractivity contribution in [1.82, 2.24) is 4.98 Å². The topological polar surface area (TPSA) is 40.5 Å². The number of H-pyrrole nitrogens is 1. The first-order chi connectivity index (χ1) is 14.7. The normalized spacial score (nSPS) is 17.4. The lowest BCUT2D eigenvalue weighted by Gasteiger charge is -2.24. The SMILES string of the molecule is C=C(C1=NC=C(CCc2ccc(C)cc2)C(CC)C1)c1c[nH]c2c1=CCCN=2.CC. The molecule has 0 radical (unpaired) electrons. The molecule has 1 aromatic carbocycles. The van der Waals surface area contributed by atoms with Crippen molar-refractivity contribution in [3.05, 3.63) is 76.2 Å². The maximum atomic E-state index is 4.84. The van der Waals surface area contributed by atoms with E-state index in [-0.39, 0.29) is 0 Å². The van der Waals surface area contributed by atoms with E-state index in [1.54, 1.807) is 0 Å². The quantitative estimate of drug-likeness (QED) is 0.659. The molecule has 3 heteroatoms. The number of rotatable bonds is 6. The molecule has 3 nitrogen and oxygen atoms in total. The smallest absolute Gasteiger partial charge is 0.132 e. The predicted molar refractivity (Wildman–Crippen MR) is 129 cm³/mol. The molecule has 1 unspecified atom stereocenters. The molecule has 0 fully saturated rings. The molecular weight excluding hydrogens is 366 g/mol. The summed E-state index contributed by atoms with van der Waals surface area (Å²) in [6, 6.07) is 8.88. The summed E-state index contributed by atoms with van der Waals surface area (Å²) in [5.41, 5.74) is 8.49. The molecule has 2 aliphatic heterocycles. The highest BCUT2D eigenvalue weighted by molar-refractivity contribution is 6.23. The summed E-state index contributed by atoms with van der Waals surface area (Å²) < 4.78 is 0. The van der Waals surface area contributed by atoms with Gasteiger partial charge in [-0.1, -0.05) is 63.3 Å². The van der Waals surface area contributed by atoms with E-state index >= 15 is 0 Å². The van der Waals surface area contributed by atoms with Crippen molar-refractivity contribution in [2.24, 2.45) is 15.9 Å². The average molecular weight is 402 g/mol. The minimum atomic E-state index is 0.554. The van der Waals surface area contributed by atoms with Gasteiger partial charge < -0.3 is 4.98 Å². The van der Waals surface area contributed by atoms with Crippen LogP contribution in [0.15, 0.2) is 58.8 Å². The molecule has 1 atom stereocenters. The lowest BCUT2D eigenvalue weighted by Crippen LogP contribution is -2.29. The van der Waals surface area contributed by atoms with Gasteiger partial charge in [0.25, 0.3) is 0 Å². The molecule has 0 aliphatic carbocycles. The minimum Gasteiger partial charge on any atom is -0.346 e. The maximum absolute atomic E-state index is 4.84. The zero-order valence-corrected chi connectivity index (χ0v) is 19.0. The summed E-state index contributed by atoms with van der Waals surface area (Å²) in [5, 5.41) is 1.20. The zero-order chi connectivity index (χ0) is 21.5. The molecule has 30 heavy (non-hydrogen) atoms. The molecule has 2 aromatic rings. The van der Waals surface area contributed by atoms with E-state index < -0.39 is 0 Å². The Labute approximate surface area is 181 Å². The van der Waals surface area contributed by atoms with Crippen LogP contribution >= 0.6 is 0 Å². The van der Waals surface area contributed by atoms with Gasteiger partial charge in [-0.25, -0.2) is 0 Å². The van der Waals surface area contributed by atoms with E-state index in [0.29, 0.717) is 5.92 Å². The van der Waals surface area contributed by atoms with Gasteiger partial charge in [0.05, 0.1) is 0 Å². The second kappa shape index (κ2) is 10.4. The van der Waals surface area contributed by atoms with E-state index in [1.165, 1.54) is 21.9 Å². The average Bonchev–Trinajstić information content (AvgIpc) is 3.23. The van der Waals surface area contributed by atoms with Crippen molar-refractivity contribution in [2.45, 2.75) is 59.8 Å². The Morgan fingerprint density at radius 3 is 2.67 bits per heavy atom. The Morgan fingerprint density at radius 1 is 1.17 bits per heavy atom. The third-order valence-electron chi connectivity index (χ3n) is 5.99. The number of aryl methyl sites for hydroxylation is 2. The van der Waals surface area contributed by atoms with E-state index in [9.17, 15) is 0 Å². The van der Waals surface area contributed by atoms with E-state index in [0.717, 1.165) is 61.0 Å². The van der Waals surface area contributed by atoms with Gasteiger partial charge in [-0.15, -0.1) is 0 Å². The van der Waals surface area contributed by atoms with Crippen LogP contribution in [0.3, 0.4) is 0 Å². The Balaban J connectivity index is 0.00000124. The van der Waals surface area contributed by atoms with Crippen molar-refractivity contribution in [3.63, 3.8) is 0 Å². The first-order valence-corrected chi connectivity index (χ1v) is 11.4. The van der Waals surface area contributed by atoms with E-state index in [2.05, 4.69) is 66.9 Å². The van der Waals surface area contributed by atoms with Crippen molar-refractivity contribution in [2.75, 3.05) is 6.54 Å². The van der Waals surface area contributed by atoms with Gasteiger partial charge in [0.2, 0.25) is 0 Å². The van der Waals surface area contributed by atoms with Crippen LogP contribution in [0.5, 0.6) is 0 Å². The number of allylic oxidation sites excluding steroid dienone is 2. The summed E-state index contributed by atoms with van der Waals surface area (Å²) in [5.74, 6) is 0.554. The predicted octanol–water partition coefficient (Wildman–Crippen LogP) is 5.55. The Hall–Kier alpha value is -2.68. The summed E-state index contributed by atoms with van der Waals surface area (Å²) >= 11 is 0. The highest BCUT2D eigenvalue weighted by atomic mass is 14.8. The zero-order valence-electron chi connectivity index (χ0n) is 19.0. The number of nitrogens with one attached hydrogen (secondary N) is 1. The number of aromatic nitrogens is 1. The van der Waals surface area contributed by atoms with Gasteiger partial charge in [-0.3, -0.25) is 9.98 Å². The molecule has 0 saturated carbocycles. The summed E-state index contributed by atoms with van der Waals surface area (Å²) in [7, 11) is 0. The second-order valence-corrected chi connectivity index (χ2v) is 7.89. The fourth-order valence-corrected chi connectivity index (χ4v) is 4.15. The highest BCUT2D eigenvalue weighted by Gasteiger charge is 2.22. The monoisotopic (exact) mass is 401 g/mol. The molecule has 2 aliphatic rings. The molecular formula is C27H35N3. The molecule has 4 rings (SSSR count). The third-order valence-corrected chi connectivity index (χ3v) is 5.99. The fraction of sp³-hybridized carbons (Fsp3) is 0.407. The number of benzene rings is 1. The minimum absolute atomic E-state index is 0.554. The summed E-state index contributed by atoms with van der Waals surface area (Å²) in [6.45, 7) is 13.7. The molecule has 0 saturated heterocycles. The first kappa shape index (κ1) is 22.0. The molecule has 0 amide bonds. The number of hydrogen-bond donors (Lipinski definition) is 1. The lowest BCUT2D eigenvalue weighted by atomic mass is 9.84. The summed E-state index contributed by atoms with van der Waals surface area (Å²) in [6.07, 6.45) is 11.7. The van der Waals surface area contributed by atoms with Gasteiger partial charge in [-0.2, -0.15) is 0 Å². The van der Waals surface area contributed by atoms with Gasteiger partial charge in [0.1, 0.15) is 5.49 Å². The van der Waals surface area contributed by atoms with Gasteiger partial charge in [-0.05, 0) is 61.7 Å². The number of fused-ring (bicyclic) bond motifs is 1. The van der Waals surface area contributed by atoms with Gasteiger partial charge in [0.15, 0.2) is 0 Å². The van der Waals surface area contributed by atoms with Crippen molar-refractivity contribution >= 4 is 17.4 Å². The second-order valence-electron chi connectivity index (χ2n) is 7.89. The van der Waals surface area contributed by atoms with Crippen molar-refractivity contribution in [1.29, 1.82) is 0 Å². The van der Waals surface area contributed by atoms with Crippen LogP contribution in [-0.2, 0) is 6.42 Å². The van der Waals surface area contributed by atoms with Crippen LogP contribution in [0, 0.1) is 12.8 Å². The van der Waals surface area contributed by atoms with Gasteiger partial charge >= 0.3 is 0 Å². The molecule has 1 N–H and O–H groups in total. The first-order valence-electron chi connectivity index (χ1n) is 11.4. The van der Waals surface area contributed by atoms with Crippen LogP contribution < -0.4 is 10.7 Å². The number of nitrogens with zero attached hydrogens (tertiary/aromatic N) is 2. The van der Waals surface area contributed by atoms with Crippen LogP contribution in [-0.4, -0.2) is 17.2 Å². The molecule has 0 spiro atoms. The number of hydrogen-bond acceptors (Lipinski definition) is 2. The van der Waals surface area contributed by atoms with Crippen molar-refractivity contribution in [3.8, 4) is 0 Å². The van der Waals surface area contributed by atoms with Crippen molar-refractivity contribution < 1.29 is 0 Å². The largest absolute Gasteiger partial charge is 0.346 e. The molecule has 158 valence electrons. The third kappa shape index (κ3) is 4.89. The molecule has 3 heterocycles. The fourth-order valence-electron chi connectivity index (χ4n) is 4.15. The van der Waals surface area contributed by atoms with E-state index in [4.69, 9.17) is 4.99 Å². The Kier molecular flexibility index (Phi) is 7.62. The summed E-state index contributed by atoms with van der Waals surface area (Å²) in [4.78, 5) is 12.7. The van der Waals surface area contributed by atoms with Crippen LogP contribution in [0.25, 0.3) is 11.6 Å². The molecule has 1 aromatic heterocycles. The number of aliphatic imine (C=N–C) groups is 1. The Bertz CT molecular complexity index is 1050. The number of aromatic amines is 1. The van der Waals surface area contributed by atoms with Crippen LogP contribution in [0.1, 0.15) is 63.1 Å². The Morgan fingerprint density at radius 2 is 1.93 bits per heavy atom. The lowest BCUT2D eigenvalue weighted by molar-refractivity contribution is 0.580. The highest BCUT2D eigenvalue weighted by Crippen LogP contribution is 2.30. The molecule has 0 bridgehead atoms. The van der Waals surface area contributed by atoms with E-state index in [1.807, 2.05) is 20.0 Å².